The van der Waals surface area contributed by atoms with Crippen LogP contribution in [0.25, 0.3) is 0 Å². The molecule has 3 fully saturated rings. The number of aliphatic hydroxyl groups is 1. The van der Waals surface area contributed by atoms with Crippen LogP contribution in [-0.2, 0) is 121 Å². The molecular weight excluding hydrogens is 1460 g/mol. The third kappa shape index (κ3) is 28.0. The summed E-state index contributed by atoms with van der Waals surface area (Å²) in [5.41, 5.74) is -2.22. The predicted molar refractivity (Wildman–Crippen MR) is 395 cm³/mol. The van der Waals surface area contributed by atoms with Crippen LogP contribution in [0.3, 0.4) is 0 Å². The number of nitrogens with zero attached hydrogens (tertiary/aromatic N) is 1. The van der Waals surface area contributed by atoms with Crippen molar-refractivity contribution in [2.24, 2.45) is 28.6 Å². The number of hydrogen-bond donors (Lipinski definition) is 8. The molecule has 614 valence electrons. The normalized spacial score (nSPS) is 22.9. The number of carbonyl (C=O) groups is 12. The Kier molecular flexibility index (Phi) is 40.2. The lowest BCUT2D eigenvalue weighted by Crippen LogP contribution is -2.69. The number of Topliss-reactive ketones (excluding diaryl/α,β-unsaturated/α-hetero) is 1. The number of ketones is 2. The van der Waals surface area contributed by atoms with Gasteiger partial charge in [0.25, 0.3) is 11.8 Å². The number of nitrogens with one attached hydrogen (secondary N) is 7. The SMILES string of the molecule is CCC(=O)O[C@]1(C(=O)COCNC(=O)CNC(=O)C(Cc2ccccc2)NC(=O)CNC(=O)CNC(=O)[C@H](CCCCNC(=O)CCOCCOCCOCCOCCOCCOCCOCCOCCOCCOC)NC(=O)CCN2C(=O)C=CC2=O)[C@@H](C)CC2[C@@H]3CCC4=CC(=O)C=C[C@]4(C)[C@@]3(Cl)[C@@H](O)C[C@@]21C. The highest BCUT2D eigenvalue weighted by atomic mass is 35.5. The van der Waals surface area contributed by atoms with Crippen molar-refractivity contribution in [1.29, 1.82) is 0 Å². The second-order valence-electron chi connectivity index (χ2n) is 27.6. The Balaban J connectivity index is 0.844. The van der Waals surface area contributed by atoms with Crippen molar-refractivity contribution in [1.82, 2.24) is 42.1 Å². The van der Waals surface area contributed by atoms with Crippen LogP contribution in [0.1, 0.15) is 97.5 Å². The average molecular weight is 1570 g/mol. The molecule has 4 aliphatic carbocycles. The third-order valence-corrected chi connectivity index (χ3v) is 21.2. The molecule has 8 N–H and O–H groups in total. The van der Waals surface area contributed by atoms with Gasteiger partial charge in [-0.1, -0.05) is 69.7 Å². The van der Waals surface area contributed by atoms with Crippen molar-refractivity contribution < 1.29 is 119 Å². The van der Waals surface area contributed by atoms with Gasteiger partial charge in [-0.15, -0.1) is 11.6 Å². The quantitative estimate of drug-likeness (QED) is 0.0145. The van der Waals surface area contributed by atoms with Crippen LogP contribution in [0.15, 0.2) is 66.3 Å². The van der Waals surface area contributed by atoms with Crippen LogP contribution in [0.4, 0.5) is 0 Å². The van der Waals surface area contributed by atoms with Crippen LogP contribution in [0.2, 0.25) is 0 Å². The zero-order chi connectivity index (χ0) is 79.8. The molecule has 1 aliphatic heterocycles. The molecular formula is C76H113ClN8O25. The molecule has 110 heavy (non-hydrogen) atoms. The number of aliphatic hydroxyl groups excluding tert-OH is 1. The zero-order valence-corrected chi connectivity index (χ0v) is 64.7. The molecule has 0 spiro atoms. The number of amides is 9. The minimum absolute atomic E-state index is 0.00179. The fourth-order valence-electron chi connectivity index (χ4n) is 14.6. The number of hydrogen-bond acceptors (Lipinski definition) is 25. The Morgan fingerprint density at radius 2 is 1.11 bits per heavy atom. The van der Waals surface area contributed by atoms with Crippen LogP contribution in [0, 0.1) is 28.6 Å². The number of alkyl halides is 1. The van der Waals surface area contributed by atoms with E-state index in [9.17, 15) is 62.6 Å². The zero-order valence-electron chi connectivity index (χ0n) is 64.0. The van der Waals surface area contributed by atoms with Crippen molar-refractivity contribution in [3.63, 3.8) is 0 Å². The molecule has 2 unspecified atom stereocenters. The Hall–Kier alpha value is -7.51. The standard InChI is InChI=1S/C76H113ClN8O25/c1-6-70(96)110-76(53(2)44-58-57-16-15-55-46-56(86)19-22-73(55,3)75(57,77)61(87)47-74(58,76)4)62(88)51-109-52-82-66(92)49-81-72(98)60(45-54-12-8-7-9-13-54)84-67(93)50-79-65(91)48-80-71(97)59(83-64(90)20-24-85-68(94)17-18-69(85)95)14-10-11-23-78-63(89)21-25-100-28-29-102-32-33-104-36-37-106-40-41-108-43-42-107-39-38-105-35-34-103-31-30-101-27-26-99-5/h7-9,12-13,17-19,22,46,53,57-61,87H,6,10-11,14-16,20-21,23-45,47-52H2,1-5H3,(H,78,89)(H,79,91)(H,80,97)(H,81,98)(H,82,92)(H,83,90)(H,84,93)/t53-,57-,58?,59-,60?,61-,73-,74-,75-,76-/m0/s1. The predicted octanol–water partition coefficient (Wildman–Crippen LogP) is 0.572. The van der Waals surface area contributed by atoms with Gasteiger partial charge in [-0.25, -0.2) is 0 Å². The highest BCUT2D eigenvalue weighted by Gasteiger charge is 2.76. The van der Waals surface area contributed by atoms with E-state index < -0.39 is 137 Å². The summed E-state index contributed by atoms with van der Waals surface area (Å²) >= 11 is 7.65. The Morgan fingerprint density at radius 1 is 0.591 bits per heavy atom. The molecule has 33 nitrogen and oxygen atoms in total. The Labute approximate surface area is 647 Å². The minimum Gasteiger partial charge on any atom is -0.450 e. The summed E-state index contributed by atoms with van der Waals surface area (Å²) in [6.07, 6.45) is 7.74. The molecule has 0 bridgehead atoms. The summed E-state index contributed by atoms with van der Waals surface area (Å²) in [7, 11) is 1.62. The second kappa shape index (κ2) is 48.4. The summed E-state index contributed by atoms with van der Waals surface area (Å²) in [5.74, 6) is -8.54. The highest BCUT2D eigenvalue weighted by molar-refractivity contribution is 6.26. The van der Waals surface area contributed by atoms with E-state index in [4.69, 9.17) is 68.4 Å². The number of allylic oxidation sites excluding steroid dienone is 4. The third-order valence-electron chi connectivity index (χ3n) is 20.2. The summed E-state index contributed by atoms with van der Waals surface area (Å²) in [5, 5.41) is 29.9. The van der Waals surface area contributed by atoms with E-state index in [0.29, 0.717) is 150 Å². The largest absolute Gasteiger partial charge is 0.450 e. The topological polar surface area (TPSA) is 423 Å². The van der Waals surface area contributed by atoms with Crippen molar-refractivity contribution in [2.45, 2.75) is 127 Å². The number of fused-ring (bicyclic) bond motifs is 5. The lowest BCUT2D eigenvalue weighted by molar-refractivity contribution is -0.203. The van der Waals surface area contributed by atoms with E-state index in [1.807, 2.05) is 20.8 Å². The van der Waals surface area contributed by atoms with Crippen LogP contribution < -0.4 is 37.2 Å². The number of benzene rings is 1. The molecule has 1 aromatic carbocycles. The fourth-order valence-corrected chi connectivity index (χ4v) is 15.1. The molecule has 1 heterocycles. The number of rotatable bonds is 57. The van der Waals surface area contributed by atoms with E-state index in [2.05, 4.69) is 37.2 Å². The van der Waals surface area contributed by atoms with Crippen molar-refractivity contribution in [2.75, 3.05) is 179 Å². The van der Waals surface area contributed by atoms with Gasteiger partial charge in [0.05, 0.1) is 156 Å². The molecule has 0 radical (unpaired) electrons. The monoisotopic (exact) mass is 1570 g/mol. The maximum Gasteiger partial charge on any atom is 0.306 e. The molecule has 9 amide bonds. The van der Waals surface area contributed by atoms with E-state index in [1.54, 1.807) is 56.5 Å². The van der Waals surface area contributed by atoms with Gasteiger partial charge in [-0.05, 0) is 74.5 Å². The first-order valence-corrected chi connectivity index (χ1v) is 38.2. The van der Waals surface area contributed by atoms with E-state index >= 15 is 0 Å². The van der Waals surface area contributed by atoms with E-state index in [-0.39, 0.29) is 88.4 Å². The van der Waals surface area contributed by atoms with Gasteiger partial charge in [0, 0.05) is 74.8 Å². The second-order valence-corrected chi connectivity index (χ2v) is 28.3. The first kappa shape index (κ1) is 91.4. The number of ether oxygens (including phenoxy) is 12. The number of imide groups is 1. The first-order valence-electron chi connectivity index (χ1n) is 37.8. The van der Waals surface area contributed by atoms with Gasteiger partial charge in [-0.2, -0.15) is 0 Å². The summed E-state index contributed by atoms with van der Waals surface area (Å²) in [6.45, 7) is 12.1. The summed E-state index contributed by atoms with van der Waals surface area (Å²) in [4.78, 5) is 157. The Morgan fingerprint density at radius 3 is 1.66 bits per heavy atom. The number of methoxy groups -OCH3 is 1. The molecule has 0 saturated heterocycles. The Bertz CT molecular complexity index is 3260. The van der Waals surface area contributed by atoms with E-state index in [1.165, 1.54) is 6.08 Å². The minimum atomic E-state index is -1.74. The van der Waals surface area contributed by atoms with Crippen LogP contribution in [0.5, 0.6) is 0 Å². The molecule has 34 heteroatoms. The van der Waals surface area contributed by atoms with Gasteiger partial charge in [0.2, 0.25) is 47.1 Å². The molecule has 1 aromatic rings. The number of carbonyl (C=O) groups excluding carboxylic acids is 12. The number of unbranched alkanes of at least 4 members (excludes halogenated alkanes) is 1. The van der Waals surface area contributed by atoms with Crippen molar-refractivity contribution >= 4 is 82.3 Å². The first-order chi connectivity index (χ1) is 52.9. The van der Waals surface area contributed by atoms with Gasteiger partial charge < -0.3 is 99.2 Å². The van der Waals surface area contributed by atoms with Gasteiger partial charge >= 0.3 is 5.97 Å². The van der Waals surface area contributed by atoms with Crippen LogP contribution >= 0.6 is 11.6 Å². The molecule has 6 rings (SSSR count). The van der Waals surface area contributed by atoms with Crippen molar-refractivity contribution in [3.8, 4) is 0 Å². The number of halogens is 1. The lowest BCUT2D eigenvalue weighted by atomic mass is 9.45. The summed E-state index contributed by atoms with van der Waals surface area (Å²) in [6, 6.07) is 6.16. The molecule has 10 atom stereocenters. The van der Waals surface area contributed by atoms with Gasteiger partial charge in [-0.3, -0.25) is 62.4 Å². The average Bonchev–Trinajstić information content (AvgIpc) is 1.42. The van der Waals surface area contributed by atoms with E-state index in [0.717, 1.165) is 22.6 Å². The molecule has 5 aliphatic rings. The fraction of sp³-hybridized carbons (Fsp3) is 0.684. The summed E-state index contributed by atoms with van der Waals surface area (Å²) < 4.78 is 66.1. The van der Waals surface area contributed by atoms with Crippen molar-refractivity contribution in [3.05, 3.63) is 71.8 Å². The molecule has 3 saturated carbocycles. The van der Waals surface area contributed by atoms with Gasteiger partial charge in [0.15, 0.2) is 11.4 Å². The van der Waals surface area contributed by atoms with Gasteiger partial charge in [0.1, 0.15) is 25.4 Å². The number of esters is 1. The highest BCUT2D eigenvalue weighted by Crippen LogP contribution is 2.72. The maximum absolute atomic E-state index is 14.7. The lowest BCUT2D eigenvalue weighted by Gasteiger charge is -2.64. The van der Waals surface area contributed by atoms with Crippen LogP contribution in [-0.4, -0.2) is 288 Å². The molecule has 0 aromatic heterocycles. The smallest absolute Gasteiger partial charge is 0.306 e. The maximum atomic E-state index is 14.7.